The first-order valence-corrected chi connectivity index (χ1v) is 15.5. The summed E-state index contributed by atoms with van der Waals surface area (Å²) in [4.78, 5) is 0.735. The van der Waals surface area contributed by atoms with Crippen LogP contribution in [0.5, 0.6) is 0 Å². The molecule has 0 saturated carbocycles. The fourth-order valence-corrected chi connectivity index (χ4v) is 6.86. The highest BCUT2D eigenvalue weighted by molar-refractivity contribution is 7.26. The van der Waals surface area contributed by atoms with Crippen molar-refractivity contribution < 1.29 is 37.3 Å². The fraction of sp³-hybridized carbons (Fsp3) is 0. The average Bonchev–Trinajstić information content (AvgIpc) is 3.97. The summed E-state index contributed by atoms with van der Waals surface area (Å²) < 4.78 is 223. The Morgan fingerprint density at radius 3 is 2.12 bits per heavy atom. The van der Waals surface area contributed by atoms with E-state index in [2.05, 4.69) is 0 Å². The molecule has 0 fully saturated rings. The number of fused-ring (bicyclic) bond motifs is 8. The molecule has 0 atom stereocenters. The molecule has 0 bridgehead atoms. The van der Waals surface area contributed by atoms with Gasteiger partial charge in [-0.25, -0.2) is 0 Å². The Bertz CT molecular complexity index is 4180. The number of benzene rings is 8. The van der Waals surface area contributed by atoms with Crippen LogP contribution in [0, 0.1) is 0 Å². The molecule has 0 unspecified atom stereocenters. The molecule has 3 heteroatoms. The first-order chi connectivity index (χ1) is 34.3. The van der Waals surface area contributed by atoms with Gasteiger partial charge in [0.25, 0.3) is 0 Å². The maximum Gasteiger partial charge on any atom is 0.143 e. The SMILES string of the molecule is [2H]c1c([2H])c([2H])c(N(c2c([2H])c([2H])c(-c3c([2H])c([2H])c([2H])c4c3sc3c([2H])c([2H])c([2H])c([2H])c34)c([2H])c2[2H])c2c([2H])c([2H])c([2H])c3oc4c5c([2H])c([2H])c([2H])c([2H])c5c([2H])c([2H])c4c23)c(-c2ccccc2)c1[2H]. The minimum atomic E-state index is -1.05. The molecule has 0 aliphatic rings. The Kier molecular flexibility index (Phi) is 2.99. The van der Waals surface area contributed by atoms with Crippen molar-refractivity contribution in [2.24, 2.45) is 0 Å². The lowest BCUT2D eigenvalue weighted by molar-refractivity contribution is 0.672. The van der Waals surface area contributed by atoms with E-state index in [9.17, 15) is 11.0 Å². The summed E-state index contributed by atoms with van der Waals surface area (Å²) in [6, 6.07) is -11.7. The molecule has 0 amide bonds. The number of thiophene rings is 1. The van der Waals surface area contributed by atoms with Crippen LogP contribution in [0.25, 0.3) is 75.1 Å². The average molecular weight is 668 g/mol. The molecule has 49 heavy (non-hydrogen) atoms. The Balaban J connectivity index is 1.44. The van der Waals surface area contributed by atoms with Crippen LogP contribution in [0.15, 0.2) is 180 Å². The van der Waals surface area contributed by atoms with E-state index < -0.39 is 206 Å². The molecular weight excluding hydrogens is 615 g/mol. The van der Waals surface area contributed by atoms with E-state index in [4.69, 9.17) is 26.3 Å². The number of furan rings is 1. The minimum Gasteiger partial charge on any atom is -0.455 e. The van der Waals surface area contributed by atoms with Gasteiger partial charge in [-0.05, 0) is 64.4 Å². The standard InChI is InChI=1S/C46H29NOS/c1-2-12-30(13-3-1)34-15-6-8-20-40(34)47(41-21-11-22-42-44(41)39-29-26-31-14-4-5-16-35(31)45(39)48-42)33-27-24-32(25-28-33)36-18-10-19-38-37-17-7-9-23-43(37)49-46(36)38/h1-29H/i4D,5D,6D,7D,8D,9D,10D,11D,14D,15D,16D,17D,18D,19D,20D,21D,22D,23D,24D,25D,26D,27D,28D,29D. The Morgan fingerprint density at radius 1 is 0.510 bits per heavy atom. The quantitative estimate of drug-likeness (QED) is 0.182. The monoisotopic (exact) mass is 667 g/mol. The highest BCUT2D eigenvalue weighted by Gasteiger charge is 2.22. The summed E-state index contributed by atoms with van der Waals surface area (Å²) in [6.45, 7) is 0. The van der Waals surface area contributed by atoms with Gasteiger partial charge in [-0.2, -0.15) is 0 Å². The maximum absolute atomic E-state index is 9.84. The van der Waals surface area contributed by atoms with E-state index in [1.807, 2.05) is 0 Å². The van der Waals surface area contributed by atoms with Gasteiger partial charge in [-0.3, -0.25) is 0 Å². The van der Waals surface area contributed by atoms with Gasteiger partial charge < -0.3 is 9.32 Å². The molecule has 0 saturated heterocycles. The van der Waals surface area contributed by atoms with Crippen LogP contribution in [0.1, 0.15) is 32.9 Å². The van der Waals surface area contributed by atoms with Crippen LogP contribution in [0.4, 0.5) is 17.1 Å². The molecule has 8 aromatic carbocycles. The summed E-state index contributed by atoms with van der Waals surface area (Å²) in [5.41, 5.74) is -4.86. The van der Waals surface area contributed by atoms with Crippen LogP contribution >= 0.6 is 11.3 Å². The molecular formula is C46H29NOS. The zero-order valence-corrected chi connectivity index (χ0v) is 25.5. The summed E-state index contributed by atoms with van der Waals surface area (Å²) >= 11 is 0.666. The van der Waals surface area contributed by atoms with E-state index in [0.29, 0.717) is 11.3 Å². The number of anilines is 3. The second-order valence-corrected chi connectivity index (χ2v) is 11.7. The largest absolute Gasteiger partial charge is 0.455 e. The lowest BCUT2D eigenvalue weighted by Crippen LogP contribution is -2.11. The van der Waals surface area contributed by atoms with Crippen molar-refractivity contribution in [3.63, 3.8) is 0 Å². The van der Waals surface area contributed by atoms with E-state index >= 15 is 0 Å². The van der Waals surface area contributed by atoms with Gasteiger partial charge in [0.1, 0.15) is 11.2 Å². The molecule has 10 rings (SSSR count). The molecule has 0 aliphatic carbocycles. The van der Waals surface area contributed by atoms with Crippen molar-refractivity contribution >= 4 is 81.3 Å². The predicted molar refractivity (Wildman–Crippen MR) is 210 cm³/mol. The van der Waals surface area contributed by atoms with E-state index in [0.717, 1.165) is 4.90 Å². The third-order valence-corrected chi connectivity index (χ3v) is 9.05. The Morgan fingerprint density at radius 2 is 1.22 bits per heavy atom. The van der Waals surface area contributed by atoms with Crippen molar-refractivity contribution in [3.05, 3.63) is 175 Å². The highest BCUT2D eigenvalue weighted by atomic mass is 32.1. The molecule has 2 aromatic heterocycles. The maximum atomic E-state index is 9.84. The zero-order valence-electron chi connectivity index (χ0n) is 48.7. The first kappa shape index (κ1) is 13.0. The molecule has 0 radical (unpaired) electrons. The smallest absolute Gasteiger partial charge is 0.143 e. The first-order valence-electron chi connectivity index (χ1n) is 26.6. The molecule has 10 aromatic rings. The van der Waals surface area contributed by atoms with Gasteiger partial charge in [0.15, 0.2) is 0 Å². The lowest BCUT2D eigenvalue weighted by atomic mass is 9.99. The van der Waals surface area contributed by atoms with E-state index in [1.54, 1.807) is 6.07 Å². The van der Waals surface area contributed by atoms with E-state index in [-0.39, 0.29) is 31.3 Å². The van der Waals surface area contributed by atoms with Gasteiger partial charge in [-0.1, -0.05) is 133 Å². The highest BCUT2D eigenvalue weighted by Crippen LogP contribution is 2.47. The van der Waals surface area contributed by atoms with Crippen LogP contribution in [0.2, 0.25) is 0 Å². The molecule has 2 heterocycles. The summed E-state index contributed by atoms with van der Waals surface area (Å²) in [7, 11) is 0. The van der Waals surface area contributed by atoms with Crippen LogP contribution < -0.4 is 4.90 Å². The molecule has 0 N–H and O–H groups in total. The number of para-hydroxylation sites is 1. The number of hydrogen-bond donors (Lipinski definition) is 0. The summed E-state index contributed by atoms with van der Waals surface area (Å²) in [6.07, 6.45) is 0. The number of hydrogen-bond acceptors (Lipinski definition) is 3. The summed E-state index contributed by atoms with van der Waals surface area (Å²) in [5.74, 6) is 0. The van der Waals surface area contributed by atoms with E-state index in [1.165, 1.54) is 24.3 Å². The topological polar surface area (TPSA) is 16.4 Å². The van der Waals surface area contributed by atoms with Crippen LogP contribution in [0.3, 0.4) is 0 Å². The van der Waals surface area contributed by atoms with Gasteiger partial charge in [-0.15, -0.1) is 11.3 Å². The predicted octanol–water partition coefficient (Wildman–Crippen LogP) is 13.9. The molecule has 0 spiro atoms. The lowest BCUT2D eigenvalue weighted by Gasteiger charge is -2.28. The van der Waals surface area contributed by atoms with Gasteiger partial charge >= 0.3 is 0 Å². The summed E-state index contributed by atoms with van der Waals surface area (Å²) in [5, 5.41) is -2.35. The van der Waals surface area contributed by atoms with Gasteiger partial charge in [0, 0.05) is 42.2 Å². The third-order valence-electron chi connectivity index (χ3n) is 7.93. The minimum absolute atomic E-state index is 0.0830. The zero-order chi connectivity index (χ0) is 53.2. The number of nitrogens with zero attached hydrogens (tertiary/aromatic N) is 1. The van der Waals surface area contributed by atoms with Crippen molar-refractivity contribution in [1.82, 2.24) is 0 Å². The van der Waals surface area contributed by atoms with Crippen molar-refractivity contribution in [3.8, 4) is 22.3 Å². The Hall–Kier alpha value is -6.16. The molecule has 0 aliphatic heterocycles. The van der Waals surface area contributed by atoms with Crippen LogP contribution in [-0.4, -0.2) is 0 Å². The van der Waals surface area contributed by atoms with Crippen molar-refractivity contribution in [2.75, 3.05) is 4.90 Å². The molecule has 230 valence electrons. The normalized spacial score (nSPS) is 18.5. The fourth-order valence-electron chi connectivity index (χ4n) is 5.79. The second-order valence-electron chi connectivity index (χ2n) is 10.6. The third kappa shape index (κ3) is 4.47. The van der Waals surface area contributed by atoms with Gasteiger partial charge in [0.05, 0.1) is 49.7 Å². The Labute approximate surface area is 321 Å². The molecule has 2 nitrogen and oxygen atoms in total. The van der Waals surface area contributed by atoms with Crippen molar-refractivity contribution in [1.29, 1.82) is 0 Å². The second kappa shape index (κ2) is 11.2. The number of rotatable bonds is 5. The van der Waals surface area contributed by atoms with Crippen molar-refractivity contribution in [2.45, 2.75) is 0 Å². The van der Waals surface area contributed by atoms with Gasteiger partial charge in [0.2, 0.25) is 0 Å². The van der Waals surface area contributed by atoms with Crippen LogP contribution in [-0.2, 0) is 0 Å².